The Labute approximate surface area is 214 Å². The number of hydrogen-bond acceptors (Lipinski definition) is 7. The van der Waals surface area contributed by atoms with Crippen molar-refractivity contribution in [2.75, 3.05) is 12.3 Å². The number of rotatable bonds is 2. The van der Waals surface area contributed by atoms with Crippen molar-refractivity contribution >= 4 is 11.6 Å². The van der Waals surface area contributed by atoms with Crippen molar-refractivity contribution in [2.45, 2.75) is 50.2 Å². The quantitative estimate of drug-likeness (QED) is 0.421. The Morgan fingerprint density at radius 2 is 1.72 bits per heavy atom. The van der Waals surface area contributed by atoms with Crippen LogP contribution in [-0.2, 0) is 18.3 Å². The summed E-state index contributed by atoms with van der Waals surface area (Å²) in [5.74, 6) is -5.85. The first-order valence-electron chi connectivity index (χ1n) is 11.4. The number of pyridine rings is 1. The number of alkyl halides is 6. The summed E-state index contributed by atoms with van der Waals surface area (Å²) in [6.45, 7) is -0.773. The number of carbonyl (C=O) groups is 1. The van der Waals surface area contributed by atoms with Crippen molar-refractivity contribution in [3.8, 4) is 11.6 Å². The number of nitrogens with zero attached hydrogens (tertiary/aromatic N) is 4. The number of halogens is 8. The van der Waals surface area contributed by atoms with E-state index in [-0.39, 0.29) is 31.4 Å². The van der Waals surface area contributed by atoms with Gasteiger partial charge in [-0.15, -0.1) is 10.2 Å². The van der Waals surface area contributed by atoms with Crippen molar-refractivity contribution in [3.63, 3.8) is 0 Å². The van der Waals surface area contributed by atoms with Crippen LogP contribution in [0.25, 0.3) is 11.6 Å². The summed E-state index contributed by atoms with van der Waals surface area (Å²) in [4.78, 5) is 17.9. The Balaban J connectivity index is 1.87. The van der Waals surface area contributed by atoms with E-state index in [2.05, 4.69) is 15.2 Å². The van der Waals surface area contributed by atoms with Crippen LogP contribution >= 0.6 is 0 Å². The Morgan fingerprint density at radius 3 is 2.36 bits per heavy atom. The molecule has 0 aliphatic carbocycles. The van der Waals surface area contributed by atoms with Crippen molar-refractivity contribution in [2.24, 2.45) is 0 Å². The number of anilines is 1. The summed E-state index contributed by atoms with van der Waals surface area (Å²) < 4.78 is 115. The summed E-state index contributed by atoms with van der Waals surface area (Å²) in [5.41, 5.74) is -2.07. The van der Waals surface area contributed by atoms with Gasteiger partial charge in [0, 0.05) is 13.1 Å². The second-order valence-electron chi connectivity index (χ2n) is 8.88. The molecule has 4 bridgehead atoms. The highest BCUT2D eigenvalue weighted by atomic mass is 19.4. The van der Waals surface area contributed by atoms with E-state index in [1.54, 1.807) is 0 Å². The molecule has 0 spiro atoms. The van der Waals surface area contributed by atoms with E-state index in [1.165, 1.54) is 0 Å². The van der Waals surface area contributed by atoms with Crippen LogP contribution in [0.15, 0.2) is 28.7 Å². The van der Waals surface area contributed by atoms with Gasteiger partial charge in [0.1, 0.15) is 5.69 Å². The lowest BCUT2D eigenvalue weighted by molar-refractivity contribution is -0.277. The zero-order valence-corrected chi connectivity index (χ0v) is 19.7. The van der Waals surface area contributed by atoms with E-state index in [1.807, 2.05) is 0 Å². The molecular weight excluding hydrogens is 546 g/mol. The van der Waals surface area contributed by atoms with Crippen LogP contribution in [0.1, 0.15) is 53.2 Å². The number of hydrogen-bond donors (Lipinski definition) is 2. The van der Waals surface area contributed by atoms with Crippen LogP contribution in [0.3, 0.4) is 0 Å². The number of nitrogen functional groups attached to an aromatic ring is 1. The number of fused-ring (bicyclic) bond motifs is 5. The van der Waals surface area contributed by atoms with Crippen molar-refractivity contribution in [1.29, 1.82) is 0 Å². The van der Waals surface area contributed by atoms with Crippen LogP contribution < -0.4 is 5.73 Å². The number of carbonyl (C=O) groups excluding carboxylic acids is 1. The molecule has 0 fully saturated rings. The van der Waals surface area contributed by atoms with Crippen LogP contribution in [0, 0.1) is 11.6 Å². The normalized spacial score (nSPS) is 19.2. The fourth-order valence-electron chi connectivity index (χ4n) is 4.06. The number of benzene rings is 1. The van der Waals surface area contributed by atoms with Crippen LogP contribution in [0.4, 0.5) is 40.8 Å². The molecule has 1 aromatic carbocycles. The topological polar surface area (TPSA) is 118 Å². The van der Waals surface area contributed by atoms with Gasteiger partial charge in [-0.3, -0.25) is 4.79 Å². The first-order chi connectivity index (χ1) is 18.1. The molecule has 0 unspecified atom stereocenters. The van der Waals surface area contributed by atoms with Gasteiger partial charge < -0.3 is 20.2 Å². The molecule has 16 heteroatoms. The molecule has 3 aromatic rings. The molecule has 1 amide bonds. The smallest absolute Gasteiger partial charge is 0.416 e. The number of aromatic nitrogens is 3. The van der Waals surface area contributed by atoms with E-state index >= 15 is 0 Å². The van der Waals surface area contributed by atoms with Crippen LogP contribution in [0.5, 0.6) is 0 Å². The first-order valence-corrected chi connectivity index (χ1v) is 11.4. The van der Waals surface area contributed by atoms with E-state index in [9.17, 15) is 45.0 Å². The molecule has 1 aliphatic rings. The Morgan fingerprint density at radius 1 is 1.00 bits per heavy atom. The van der Waals surface area contributed by atoms with E-state index in [4.69, 9.17) is 10.2 Å². The fourth-order valence-corrected chi connectivity index (χ4v) is 4.06. The van der Waals surface area contributed by atoms with E-state index in [0.29, 0.717) is 6.07 Å². The third-order valence-corrected chi connectivity index (χ3v) is 6.12. The molecule has 1 aliphatic heterocycles. The molecule has 3 heterocycles. The van der Waals surface area contributed by atoms with Crippen LogP contribution in [-0.4, -0.2) is 43.8 Å². The van der Waals surface area contributed by atoms with E-state index in [0.717, 1.165) is 23.1 Å². The van der Waals surface area contributed by atoms with Crippen molar-refractivity contribution < 1.29 is 49.4 Å². The molecule has 3 N–H and O–H groups in total. The van der Waals surface area contributed by atoms with Gasteiger partial charge in [-0.25, -0.2) is 13.8 Å². The Hall–Kier alpha value is -3.82. The largest absolute Gasteiger partial charge is 0.426 e. The van der Waals surface area contributed by atoms with Gasteiger partial charge in [0.05, 0.1) is 11.3 Å². The van der Waals surface area contributed by atoms with Gasteiger partial charge in [0.25, 0.3) is 17.7 Å². The second-order valence-corrected chi connectivity index (χ2v) is 8.88. The number of aliphatic hydroxyl groups is 1. The predicted octanol–water partition coefficient (Wildman–Crippen LogP) is 4.98. The van der Waals surface area contributed by atoms with Gasteiger partial charge >= 0.3 is 12.4 Å². The zero-order chi connectivity index (χ0) is 28.8. The molecule has 0 radical (unpaired) electrons. The lowest BCUT2D eigenvalue weighted by Gasteiger charge is -2.27. The SMILES string of the molecule is Nc1cc(C(F)(F)F)c2nc1-c1nnc(o1)[C@@](O)(C(F)(F)F)CCCCCN(Cc1ccc(F)c(F)c1)C2=O. The minimum absolute atomic E-state index is 0.0203. The maximum absolute atomic E-state index is 13.9. The zero-order valence-electron chi connectivity index (χ0n) is 19.7. The molecule has 4 rings (SSSR count). The molecule has 0 saturated heterocycles. The lowest BCUT2D eigenvalue weighted by Crippen LogP contribution is -2.42. The highest BCUT2D eigenvalue weighted by Crippen LogP contribution is 2.43. The predicted molar refractivity (Wildman–Crippen MR) is 116 cm³/mol. The summed E-state index contributed by atoms with van der Waals surface area (Å²) in [6, 6.07) is 2.99. The third-order valence-electron chi connectivity index (χ3n) is 6.12. The Kier molecular flexibility index (Phi) is 7.27. The highest BCUT2D eigenvalue weighted by Gasteiger charge is 2.58. The molecule has 39 heavy (non-hydrogen) atoms. The van der Waals surface area contributed by atoms with Gasteiger partial charge in [0.15, 0.2) is 17.3 Å². The average molecular weight is 565 g/mol. The van der Waals surface area contributed by atoms with Crippen LogP contribution in [0.2, 0.25) is 0 Å². The summed E-state index contributed by atoms with van der Waals surface area (Å²) in [7, 11) is 0. The monoisotopic (exact) mass is 565 g/mol. The summed E-state index contributed by atoms with van der Waals surface area (Å²) >= 11 is 0. The van der Waals surface area contributed by atoms with Gasteiger partial charge in [-0.05, 0) is 43.0 Å². The van der Waals surface area contributed by atoms with Crippen molar-refractivity contribution in [1.82, 2.24) is 20.1 Å². The summed E-state index contributed by atoms with van der Waals surface area (Å²) in [5, 5.41) is 17.1. The average Bonchev–Trinajstić information content (AvgIpc) is 3.33. The van der Waals surface area contributed by atoms with Gasteiger partial charge in [0.2, 0.25) is 5.60 Å². The molecule has 1 atom stereocenters. The highest BCUT2D eigenvalue weighted by molar-refractivity contribution is 5.95. The molecule has 8 nitrogen and oxygen atoms in total. The standard InChI is InChI=1S/C23H19F8N5O3/c24-13-5-4-11(8-14(13)25)10-36-7-3-1-2-6-21(38,23(29,30)31)20-35-34-18(39-20)17-15(32)9-12(22(26,27)28)16(33-17)19(36)37/h4-5,8-9,38H,1-3,6-7,10,32H2/t21-/m1/s1. The molecule has 210 valence electrons. The molecular formula is C23H19F8N5O3. The van der Waals surface area contributed by atoms with E-state index < -0.39 is 82.9 Å². The second kappa shape index (κ2) is 10.1. The lowest BCUT2D eigenvalue weighted by atomic mass is 9.95. The molecule has 0 saturated carbocycles. The van der Waals surface area contributed by atoms with Gasteiger partial charge in [-0.1, -0.05) is 12.5 Å². The van der Waals surface area contributed by atoms with Crippen molar-refractivity contribution in [3.05, 3.63) is 58.6 Å². The summed E-state index contributed by atoms with van der Waals surface area (Å²) in [6.07, 6.45) is -11.6. The fraction of sp³-hybridized carbons (Fsp3) is 0.391. The Bertz CT molecular complexity index is 1390. The number of nitrogens with two attached hydrogens (primary N) is 1. The first kappa shape index (κ1) is 28.2. The maximum atomic E-state index is 13.9. The minimum atomic E-state index is -5.26. The minimum Gasteiger partial charge on any atom is -0.416 e. The third kappa shape index (κ3) is 5.51. The maximum Gasteiger partial charge on any atom is 0.426 e. The molecule has 2 aromatic heterocycles. The van der Waals surface area contributed by atoms with Gasteiger partial charge in [-0.2, -0.15) is 26.3 Å². The number of amides is 1.